The van der Waals surface area contributed by atoms with Crippen molar-refractivity contribution < 1.29 is 9.18 Å². The molecule has 2 rings (SSSR count). The zero-order valence-corrected chi connectivity index (χ0v) is 12.0. The molecule has 0 bridgehead atoms. The van der Waals surface area contributed by atoms with Gasteiger partial charge in [0.05, 0.1) is 5.56 Å². The van der Waals surface area contributed by atoms with Gasteiger partial charge in [0.25, 0.3) is 5.91 Å². The summed E-state index contributed by atoms with van der Waals surface area (Å²) in [7, 11) is 0. The van der Waals surface area contributed by atoms with E-state index in [4.69, 9.17) is 11.6 Å². The summed E-state index contributed by atoms with van der Waals surface area (Å²) >= 11 is 7.02. The molecule has 0 atom stereocenters. The molecule has 1 amide bonds. The SMILES string of the molecule is CC(C)c1cnc(NC(=O)c2ccc(Cl)cc2F)s1. The van der Waals surface area contributed by atoms with Crippen LogP contribution in [0.15, 0.2) is 24.4 Å². The molecule has 3 nitrogen and oxygen atoms in total. The topological polar surface area (TPSA) is 42.0 Å². The van der Waals surface area contributed by atoms with Crippen LogP contribution < -0.4 is 5.32 Å². The summed E-state index contributed by atoms with van der Waals surface area (Å²) in [6, 6.07) is 3.93. The van der Waals surface area contributed by atoms with Crippen molar-refractivity contribution in [3.05, 3.63) is 45.7 Å². The van der Waals surface area contributed by atoms with E-state index in [0.29, 0.717) is 11.0 Å². The van der Waals surface area contributed by atoms with E-state index in [9.17, 15) is 9.18 Å². The summed E-state index contributed by atoms with van der Waals surface area (Å²) in [5.41, 5.74) is -0.0503. The highest BCUT2D eigenvalue weighted by Crippen LogP contribution is 2.25. The number of hydrogen-bond acceptors (Lipinski definition) is 3. The van der Waals surface area contributed by atoms with Crippen LogP contribution in [0.3, 0.4) is 0 Å². The van der Waals surface area contributed by atoms with Crippen molar-refractivity contribution in [2.75, 3.05) is 5.32 Å². The number of thiazole rings is 1. The molecule has 6 heteroatoms. The van der Waals surface area contributed by atoms with Crippen molar-refractivity contribution in [3.63, 3.8) is 0 Å². The molecule has 0 saturated heterocycles. The van der Waals surface area contributed by atoms with Crippen LogP contribution in [0.2, 0.25) is 5.02 Å². The molecule has 0 spiro atoms. The number of halogens is 2. The Labute approximate surface area is 119 Å². The largest absolute Gasteiger partial charge is 0.298 e. The Hall–Kier alpha value is -1.46. The van der Waals surface area contributed by atoms with Gasteiger partial charge >= 0.3 is 0 Å². The monoisotopic (exact) mass is 298 g/mol. The van der Waals surface area contributed by atoms with Gasteiger partial charge in [-0.15, -0.1) is 11.3 Å². The van der Waals surface area contributed by atoms with E-state index in [0.717, 1.165) is 10.9 Å². The molecule has 0 aliphatic carbocycles. The van der Waals surface area contributed by atoms with Gasteiger partial charge in [-0.3, -0.25) is 10.1 Å². The van der Waals surface area contributed by atoms with Crippen LogP contribution in [0.1, 0.15) is 35.0 Å². The number of hydrogen-bond donors (Lipinski definition) is 1. The average molecular weight is 299 g/mol. The number of nitrogens with one attached hydrogen (secondary N) is 1. The highest BCUT2D eigenvalue weighted by Gasteiger charge is 2.14. The van der Waals surface area contributed by atoms with E-state index < -0.39 is 11.7 Å². The zero-order chi connectivity index (χ0) is 14.0. The second-order valence-electron chi connectivity index (χ2n) is 4.30. The van der Waals surface area contributed by atoms with Crippen molar-refractivity contribution in [2.24, 2.45) is 0 Å². The van der Waals surface area contributed by atoms with Gasteiger partial charge in [-0.05, 0) is 24.1 Å². The van der Waals surface area contributed by atoms with Crippen molar-refractivity contribution in [2.45, 2.75) is 19.8 Å². The third-order valence-corrected chi connectivity index (χ3v) is 3.94. The average Bonchev–Trinajstić information content (AvgIpc) is 2.77. The molecule has 100 valence electrons. The van der Waals surface area contributed by atoms with Crippen molar-refractivity contribution in [1.82, 2.24) is 4.98 Å². The molecule has 0 unspecified atom stereocenters. The summed E-state index contributed by atoms with van der Waals surface area (Å²) in [6.07, 6.45) is 1.71. The molecule has 19 heavy (non-hydrogen) atoms. The summed E-state index contributed by atoms with van der Waals surface area (Å²) < 4.78 is 13.6. The molecular weight excluding hydrogens is 287 g/mol. The van der Waals surface area contributed by atoms with Gasteiger partial charge in [0.2, 0.25) is 0 Å². The highest BCUT2D eigenvalue weighted by atomic mass is 35.5. The smallest absolute Gasteiger partial charge is 0.260 e. The fraction of sp³-hybridized carbons (Fsp3) is 0.231. The number of carbonyl (C=O) groups excluding carboxylic acids is 1. The Morgan fingerprint density at radius 1 is 1.47 bits per heavy atom. The highest BCUT2D eigenvalue weighted by molar-refractivity contribution is 7.15. The normalized spacial score (nSPS) is 10.8. The van der Waals surface area contributed by atoms with Crippen LogP contribution >= 0.6 is 22.9 Å². The van der Waals surface area contributed by atoms with Crippen LogP contribution in [0.5, 0.6) is 0 Å². The van der Waals surface area contributed by atoms with Crippen LogP contribution in [0.4, 0.5) is 9.52 Å². The molecule has 1 N–H and O–H groups in total. The molecule has 0 fully saturated rings. The first kappa shape index (κ1) is 14.0. The molecule has 2 aromatic rings. The van der Waals surface area contributed by atoms with Gasteiger partial charge in [-0.25, -0.2) is 9.37 Å². The quantitative estimate of drug-likeness (QED) is 0.917. The van der Waals surface area contributed by atoms with Gasteiger partial charge in [0, 0.05) is 16.1 Å². The van der Waals surface area contributed by atoms with E-state index in [2.05, 4.69) is 10.3 Å². The maximum Gasteiger partial charge on any atom is 0.260 e. The summed E-state index contributed by atoms with van der Waals surface area (Å²) in [5, 5.41) is 3.30. The van der Waals surface area contributed by atoms with Gasteiger partial charge < -0.3 is 0 Å². The Balaban J connectivity index is 2.16. The molecule has 0 aliphatic rings. The Morgan fingerprint density at radius 3 is 2.79 bits per heavy atom. The fourth-order valence-corrected chi connectivity index (χ4v) is 2.42. The summed E-state index contributed by atoms with van der Waals surface area (Å²) in [6.45, 7) is 4.08. The predicted molar refractivity (Wildman–Crippen MR) is 75.6 cm³/mol. The number of aromatic nitrogens is 1. The lowest BCUT2D eigenvalue weighted by atomic mass is 10.2. The number of anilines is 1. The molecule has 0 saturated carbocycles. The van der Waals surface area contributed by atoms with E-state index in [1.165, 1.54) is 23.5 Å². The Bertz CT molecular complexity index is 612. The van der Waals surface area contributed by atoms with Crippen molar-refractivity contribution in [3.8, 4) is 0 Å². The second kappa shape index (κ2) is 5.67. The molecule has 1 aromatic carbocycles. The third kappa shape index (κ3) is 3.30. The molecule has 1 heterocycles. The molecular formula is C13H12ClFN2OS. The van der Waals surface area contributed by atoms with Gasteiger partial charge in [-0.1, -0.05) is 25.4 Å². The maximum atomic E-state index is 13.6. The van der Waals surface area contributed by atoms with E-state index in [1.54, 1.807) is 6.20 Å². The minimum absolute atomic E-state index is 0.0503. The first-order valence-corrected chi connectivity index (χ1v) is 6.89. The van der Waals surface area contributed by atoms with Gasteiger partial charge in [-0.2, -0.15) is 0 Å². The van der Waals surface area contributed by atoms with Crippen LogP contribution in [-0.2, 0) is 0 Å². The van der Waals surface area contributed by atoms with Crippen molar-refractivity contribution in [1.29, 1.82) is 0 Å². The minimum atomic E-state index is -0.648. The van der Waals surface area contributed by atoms with E-state index >= 15 is 0 Å². The summed E-state index contributed by atoms with van der Waals surface area (Å²) in [4.78, 5) is 17.0. The molecule has 0 radical (unpaired) electrons. The lowest BCUT2D eigenvalue weighted by Crippen LogP contribution is -2.13. The third-order valence-electron chi connectivity index (χ3n) is 2.49. The molecule has 0 aliphatic heterocycles. The lowest BCUT2D eigenvalue weighted by molar-refractivity contribution is 0.102. The summed E-state index contributed by atoms with van der Waals surface area (Å²) in [5.74, 6) is -0.833. The predicted octanol–water partition coefficient (Wildman–Crippen LogP) is 4.31. The van der Waals surface area contributed by atoms with Crippen LogP contribution in [-0.4, -0.2) is 10.9 Å². The number of carbonyl (C=O) groups is 1. The fourth-order valence-electron chi connectivity index (χ4n) is 1.45. The first-order chi connectivity index (χ1) is 8.97. The van der Waals surface area contributed by atoms with Crippen LogP contribution in [0, 0.1) is 5.82 Å². The standard InChI is InChI=1S/C13H12ClFN2OS/c1-7(2)11-6-16-13(19-11)17-12(18)9-4-3-8(14)5-10(9)15/h3-7H,1-2H3,(H,16,17,18). The Morgan fingerprint density at radius 2 is 2.21 bits per heavy atom. The maximum absolute atomic E-state index is 13.6. The molecule has 1 aromatic heterocycles. The second-order valence-corrected chi connectivity index (χ2v) is 5.80. The minimum Gasteiger partial charge on any atom is -0.298 e. The Kier molecular flexibility index (Phi) is 4.17. The first-order valence-electron chi connectivity index (χ1n) is 5.69. The van der Waals surface area contributed by atoms with Crippen LogP contribution in [0.25, 0.3) is 0 Å². The van der Waals surface area contributed by atoms with Gasteiger partial charge in [0.1, 0.15) is 5.82 Å². The lowest BCUT2D eigenvalue weighted by Gasteiger charge is -2.03. The van der Waals surface area contributed by atoms with Crippen molar-refractivity contribution >= 4 is 34.0 Å². The number of amides is 1. The van der Waals surface area contributed by atoms with E-state index in [-0.39, 0.29) is 10.6 Å². The number of rotatable bonds is 3. The number of benzene rings is 1. The van der Waals surface area contributed by atoms with Gasteiger partial charge in [0.15, 0.2) is 5.13 Å². The van der Waals surface area contributed by atoms with E-state index in [1.807, 2.05) is 13.8 Å². The zero-order valence-electron chi connectivity index (χ0n) is 10.4. The number of nitrogens with zero attached hydrogens (tertiary/aromatic N) is 1.